The molecule has 2 aromatic carbocycles. The summed E-state index contributed by atoms with van der Waals surface area (Å²) in [5.41, 5.74) is 4.14. The van der Waals surface area contributed by atoms with Crippen molar-refractivity contribution in [3.8, 4) is 23.1 Å². The third kappa shape index (κ3) is 2.65. The summed E-state index contributed by atoms with van der Waals surface area (Å²) in [5, 5.41) is 9.97. The van der Waals surface area contributed by atoms with E-state index in [9.17, 15) is 5.26 Å². The zero-order valence-corrected chi connectivity index (χ0v) is 14.3. The molecule has 0 fully saturated rings. The van der Waals surface area contributed by atoms with E-state index in [-0.39, 0.29) is 5.69 Å². The van der Waals surface area contributed by atoms with E-state index in [1.54, 1.807) is 0 Å². The van der Waals surface area contributed by atoms with Gasteiger partial charge in [0.2, 0.25) is 0 Å². The van der Waals surface area contributed by atoms with Crippen LogP contribution in [0.5, 0.6) is 0 Å². The summed E-state index contributed by atoms with van der Waals surface area (Å²) in [6.45, 7) is 2.02. The first-order valence-electron chi connectivity index (χ1n) is 7.69. The fourth-order valence-corrected chi connectivity index (χ4v) is 2.98. The van der Waals surface area contributed by atoms with Crippen LogP contribution in [0.1, 0.15) is 11.3 Å². The summed E-state index contributed by atoms with van der Waals surface area (Å²) in [4.78, 5) is 13.4. The Hall–Kier alpha value is -3.17. The molecule has 0 aliphatic carbocycles. The molecule has 0 aliphatic rings. The third-order valence-electron chi connectivity index (χ3n) is 3.92. The molecule has 2 aromatic heterocycles. The van der Waals surface area contributed by atoms with Crippen LogP contribution >= 0.6 is 12.6 Å². The maximum atomic E-state index is 9.51. The van der Waals surface area contributed by atoms with Gasteiger partial charge in [-0.25, -0.2) is 15.0 Å². The number of nitriles is 1. The molecule has 0 atom stereocenters. The molecule has 0 saturated carbocycles. The summed E-state index contributed by atoms with van der Waals surface area (Å²) >= 11 is 4.46. The molecule has 6 heteroatoms. The predicted octanol–water partition coefficient (Wildman–Crippen LogP) is 3.95. The smallest absolute Gasteiger partial charge is 0.172 e. The second-order valence-electron chi connectivity index (χ2n) is 5.63. The minimum Gasteiger partial charge on any atom is -0.272 e. The van der Waals surface area contributed by atoms with E-state index in [0.717, 1.165) is 16.8 Å². The Morgan fingerprint density at radius 3 is 2.36 bits per heavy atom. The zero-order valence-electron chi connectivity index (χ0n) is 13.4. The second kappa shape index (κ2) is 6.04. The van der Waals surface area contributed by atoms with Gasteiger partial charge in [0.1, 0.15) is 11.6 Å². The fraction of sp³-hybridized carbons (Fsp3) is 0.0526. The van der Waals surface area contributed by atoms with E-state index in [1.165, 1.54) is 0 Å². The van der Waals surface area contributed by atoms with Crippen LogP contribution in [0.3, 0.4) is 0 Å². The first-order chi connectivity index (χ1) is 12.2. The van der Waals surface area contributed by atoms with Crippen LogP contribution in [0.2, 0.25) is 0 Å². The van der Waals surface area contributed by atoms with Crippen LogP contribution in [-0.2, 0) is 0 Å². The largest absolute Gasteiger partial charge is 0.272 e. The van der Waals surface area contributed by atoms with Gasteiger partial charge in [0.25, 0.3) is 0 Å². The van der Waals surface area contributed by atoms with Gasteiger partial charge in [-0.3, -0.25) is 4.57 Å². The van der Waals surface area contributed by atoms with Crippen LogP contribution < -0.4 is 0 Å². The number of imidazole rings is 1. The number of para-hydroxylation sites is 1. The number of thiol groups is 1. The van der Waals surface area contributed by atoms with Gasteiger partial charge in [-0.05, 0) is 19.1 Å². The maximum absolute atomic E-state index is 9.51. The van der Waals surface area contributed by atoms with E-state index in [4.69, 9.17) is 0 Å². The lowest BCUT2D eigenvalue weighted by molar-refractivity contribution is 0.915. The lowest BCUT2D eigenvalue weighted by Gasteiger charge is -2.07. The number of nitrogens with zero attached hydrogens (tertiary/aromatic N) is 5. The average molecular weight is 343 g/mol. The van der Waals surface area contributed by atoms with Crippen molar-refractivity contribution >= 4 is 23.8 Å². The van der Waals surface area contributed by atoms with Crippen molar-refractivity contribution in [1.29, 1.82) is 5.26 Å². The van der Waals surface area contributed by atoms with E-state index in [1.807, 2.05) is 66.1 Å². The van der Waals surface area contributed by atoms with Crippen molar-refractivity contribution in [2.24, 2.45) is 0 Å². The first-order valence-corrected chi connectivity index (χ1v) is 8.14. The molecular formula is C19H13N5S. The Morgan fingerprint density at radius 1 is 0.960 bits per heavy atom. The Balaban J connectivity index is 2.02. The zero-order chi connectivity index (χ0) is 17.4. The summed E-state index contributed by atoms with van der Waals surface area (Å²) in [7, 11) is 0. The van der Waals surface area contributed by atoms with Crippen molar-refractivity contribution in [1.82, 2.24) is 19.5 Å². The predicted molar refractivity (Wildman–Crippen MR) is 98.8 cm³/mol. The molecule has 0 bridgehead atoms. The summed E-state index contributed by atoms with van der Waals surface area (Å²) in [5.74, 6) is 0.495. The molecule has 5 nitrogen and oxygen atoms in total. The van der Waals surface area contributed by atoms with E-state index < -0.39 is 0 Å². The Morgan fingerprint density at radius 2 is 1.68 bits per heavy atom. The number of hydrogen-bond acceptors (Lipinski definition) is 5. The number of aryl methyl sites for hydroxylation is 1. The van der Waals surface area contributed by atoms with Crippen LogP contribution in [-0.4, -0.2) is 19.5 Å². The minimum atomic E-state index is 0.241. The minimum absolute atomic E-state index is 0.241. The lowest BCUT2D eigenvalue weighted by Crippen LogP contribution is -2.00. The summed E-state index contributed by atoms with van der Waals surface area (Å²) in [6.07, 6.45) is 0. The number of rotatable bonds is 2. The van der Waals surface area contributed by atoms with Crippen molar-refractivity contribution < 1.29 is 0 Å². The molecule has 4 aromatic rings. The molecule has 0 saturated heterocycles. The molecule has 0 aliphatic heterocycles. The number of aromatic nitrogens is 4. The van der Waals surface area contributed by atoms with Gasteiger partial charge in [0.15, 0.2) is 22.3 Å². The topological polar surface area (TPSA) is 67.4 Å². The third-order valence-corrected chi connectivity index (χ3v) is 4.22. The quantitative estimate of drug-likeness (QED) is 0.560. The highest BCUT2D eigenvalue weighted by atomic mass is 32.1. The highest BCUT2D eigenvalue weighted by Crippen LogP contribution is 2.26. The molecule has 0 N–H and O–H groups in total. The Labute approximate surface area is 150 Å². The van der Waals surface area contributed by atoms with E-state index in [0.29, 0.717) is 22.1 Å². The molecule has 0 amide bonds. The van der Waals surface area contributed by atoms with Gasteiger partial charge in [-0.1, -0.05) is 48.0 Å². The second-order valence-corrected chi connectivity index (χ2v) is 6.03. The monoisotopic (exact) mass is 343 g/mol. The van der Waals surface area contributed by atoms with Gasteiger partial charge >= 0.3 is 0 Å². The van der Waals surface area contributed by atoms with Crippen molar-refractivity contribution in [2.75, 3.05) is 0 Å². The average Bonchev–Trinajstić information content (AvgIpc) is 2.98. The Bertz CT molecular complexity index is 1110. The van der Waals surface area contributed by atoms with Gasteiger partial charge < -0.3 is 0 Å². The van der Waals surface area contributed by atoms with E-state index in [2.05, 4.69) is 33.6 Å². The highest BCUT2D eigenvalue weighted by Gasteiger charge is 2.18. The number of benzene rings is 2. The summed E-state index contributed by atoms with van der Waals surface area (Å²) in [6, 6.07) is 19.7. The van der Waals surface area contributed by atoms with Gasteiger partial charge in [-0.15, -0.1) is 12.6 Å². The number of hydrogen-bond donors (Lipinski definition) is 1. The molecule has 0 spiro atoms. The summed E-state index contributed by atoms with van der Waals surface area (Å²) < 4.78 is 1.82. The van der Waals surface area contributed by atoms with Crippen LogP contribution in [0, 0.1) is 18.3 Å². The maximum Gasteiger partial charge on any atom is 0.172 e. The molecule has 25 heavy (non-hydrogen) atoms. The molecule has 2 heterocycles. The standard InChI is InChI=1S/C19H13N5S/c1-12-7-9-13(10-8-12)17-21-15(11-20)16-18(23-17)24(19(25)22-16)14-5-3-2-4-6-14/h2-10H,1H3,(H,22,25). The van der Waals surface area contributed by atoms with Crippen molar-refractivity contribution in [3.05, 3.63) is 65.9 Å². The van der Waals surface area contributed by atoms with Gasteiger partial charge in [0, 0.05) is 11.3 Å². The van der Waals surface area contributed by atoms with Crippen molar-refractivity contribution in [3.63, 3.8) is 0 Å². The SMILES string of the molecule is Cc1ccc(-c2nc(C#N)c3nc(S)n(-c4ccccc4)c3n2)cc1. The fourth-order valence-electron chi connectivity index (χ4n) is 2.67. The van der Waals surface area contributed by atoms with Gasteiger partial charge in [0.05, 0.1) is 0 Å². The first kappa shape index (κ1) is 15.4. The normalized spacial score (nSPS) is 10.8. The Kier molecular flexibility index (Phi) is 3.71. The molecular weight excluding hydrogens is 330 g/mol. The van der Waals surface area contributed by atoms with Crippen molar-refractivity contribution in [2.45, 2.75) is 12.1 Å². The van der Waals surface area contributed by atoms with Gasteiger partial charge in [-0.2, -0.15) is 5.26 Å². The molecule has 4 rings (SSSR count). The van der Waals surface area contributed by atoms with Crippen LogP contribution in [0.15, 0.2) is 59.8 Å². The van der Waals surface area contributed by atoms with Crippen LogP contribution in [0.4, 0.5) is 0 Å². The molecule has 120 valence electrons. The van der Waals surface area contributed by atoms with E-state index >= 15 is 0 Å². The van der Waals surface area contributed by atoms with Crippen LogP contribution in [0.25, 0.3) is 28.2 Å². The highest BCUT2D eigenvalue weighted by molar-refractivity contribution is 7.80. The molecule has 0 unspecified atom stereocenters. The number of fused-ring (bicyclic) bond motifs is 1. The lowest BCUT2D eigenvalue weighted by atomic mass is 10.1. The molecule has 0 radical (unpaired) electrons.